The van der Waals surface area contributed by atoms with Gasteiger partial charge in [0, 0.05) is 6.04 Å². The fraction of sp³-hybridized carbons (Fsp3) is 0.600. The van der Waals surface area contributed by atoms with E-state index in [-0.39, 0.29) is 5.82 Å². The molecule has 1 atom stereocenters. The molecule has 0 bridgehead atoms. The Hall–Kier alpha value is -0.890. The molecule has 0 aliphatic rings. The Morgan fingerprint density at radius 2 is 2.00 bits per heavy atom. The normalized spacial score (nSPS) is 12.6. The van der Waals surface area contributed by atoms with Crippen LogP contribution in [0.4, 0.5) is 4.39 Å². The van der Waals surface area contributed by atoms with Crippen molar-refractivity contribution in [1.82, 2.24) is 5.32 Å². The van der Waals surface area contributed by atoms with Crippen molar-refractivity contribution in [3.8, 4) is 0 Å². The monoisotopic (exact) mass is 237 g/mol. The average Bonchev–Trinajstić information content (AvgIpc) is 2.33. The lowest BCUT2D eigenvalue weighted by atomic mass is 10.0. The van der Waals surface area contributed by atoms with Crippen LogP contribution in [-0.2, 0) is 6.42 Å². The Morgan fingerprint density at radius 1 is 1.18 bits per heavy atom. The molecule has 0 aliphatic heterocycles. The summed E-state index contributed by atoms with van der Waals surface area (Å²) in [6, 6.07) is 7.51. The van der Waals surface area contributed by atoms with Gasteiger partial charge in [0.2, 0.25) is 0 Å². The van der Waals surface area contributed by atoms with Crippen molar-refractivity contribution in [2.45, 2.75) is 52.0 Å². The Labute approximate surface area is 104 Å². The first-order chi connectivity index (χ1) is 8.26. The molecule has 0 spiro atoms. The van der Waals surface area contributed by atoms with E-state index in [1.807, 2.05) is 6.07 Å². The maximum atomic E-state index is 13.0. The van der Waals surface area contributed by atoms with Gasteiger partial charge in [0.15, 0.2) is 0 Å². The van der Waals surface area contributed by atoms with Gasteiger partial charge in [0.1, 0.15) is 5.82 Å². The maximum absolute atomic E-state index is 13.0. The van der Waals surface area contributed by atoms with Crippen LogP contribution in [0.5, 0.6) is 0 Å². The topological polar surface area (TPSA) is 12.0 Å². The van der Waals surface area contributed by atoms with Gasteiger partial charge >= 0.3 is 0 Å². The minimum Gasteiger partial charge on any atom is -0.314 e. The molecule has 1 nitrogen and oxygen atoms in total. The van der Waals surface area contributed by atoms with Gasteiger partial charge in [-0.15, -0.1) is 0 Å². The lowest BCUT2D eigenvalue weighted by Gasteiger charge is -2.17. The van der Waals surface area contributed by atoms with E-state index in [1.54, 1.807) is 12.1 Å². The highest BCUT2D eigenvalue weighted by Gasteiger charge is 2.06. The molecule has 1 N–H and O–H groups in total. The standard InChI is InChI=1S/C15H24FN/c1-3-6-15(17-11-4-2)10-9-13-7-5-8-14(16)12-13/h5,7-8,12,15,17H,3-4,6,9-11H2,1-2H3. The third-order valence-electron chi connectivity index (χ3n) is 2.99. The summed E-state index contributed by atoms with van der Waals surface area (Å²) in [5.41, 5.74) is 1.10. The molecule has 17 heavy (non-hydrogen) atoms. The van der Waals surface area contributed by atoms with Gasteiger partial charge in [-0.05, 0) is 49.9 Å². The van der Waals surface area contributed by atoms with Gasteiger partial charge < -0.3 is 5.32 Å². The summed E-state index contributed by atoms with van der Waals surface area (Å²) >= 11 is 0. The molecule has 0 aromatic heterocycles. The number of hydrogen-bond acceptors (Lipinski definition) is 1. The molecule has 2 heteroatoms. The molecule has 0 fully saturated rings. The van der Waals surface area contributed by atoms with Gasteiger partial charge in [-0.1, -0.05) is 32.4 Å². The maximum Gasteiger partial charge on any atom is 0.123 e. The average molecular weight is 237 g/mol. The summed E-state index contributed by atoms with van der Waals surface area (Å²) in [6.45, 7) is 5.47. The fourth-order valence-corrected chi connectivity index (χ4v) is 2.08. The van der Waals surface area contributed by atoms with E-state index in [1.165, 1.54) is 25.3 Å². The summed E-state index contributed by atoms with van der Waals surface area (Å²) in [5.74, 6) is -0.129. The first kappa shape index (κ1) is 14.2. The molecule has 1 aromatic rings. The van der Waals surface area contributed by atoms with Crippen LogP contribution in [0.1, 0.15) is 45.1 Å². The van der Waals surface area contributed by atoms with E-state index in [4.69, 9.17) is 0 Å². The summed E-state index contributed by atoms with van der Waals surface area (Å²) in [4.78, 5) is 0. The molecule has 96 valence electrons. The van der Waals surface area contributed by atoms with E-state index in [9.17, 15) is 4.39 Å². The van der Waals surface area contributed by atoms with Gasteiger partial charge in [0.05, 0.1) is 0 Å². The first-order valence-electron chi connectivity index (χ1n) is 6.74. The van der Waals surface area contributed by atoms with Crippen LogP contribution in [0.2, 0.25) is 0 Å². The summed E-state index contributed by atoms with van der Waals surface area (Å²) in [7, 11) is 0. The van der Waals surface area contributed by atoms with Crippen molar-refractivity contribution in [3.05, 3.63) is 35.6 Å². The third kappa shape index (κ3) is 5.83. The lowest BCUT2D eigenvalue weighted by Crippen LogP contribution is -2.30. The van der Waals surface area contributed by atoms with Crippen molar-refractivity contribution in [3.63, 3.8) is 0 Å². The zero-order chi connectivity index (χ0) is 12.5. The van der Waals surface area contributed by atoms with Crippen molar-refractivity contribution < 1.29 is 4.39 Å². The van der Waals surface area contributed by atoms with Crippen LogP contribution in [0.25, 0.3) is 0 Å². The number of halogens is 1. The zero-order valence-corrected chi connectivity index (χ0v) is 11.0. The Balaban J connectivity index is 2.39. The molecule has 1 unspecified atom stereocenters. The summed E-state index contributed by atoms with van der Waals surface area (Å²) in [6.07, 6.45) is 5.62. The second-order valence-corrected chi connectivity index (χ2v) is 4.61. The van der Waals surface area contributed by atoms with E-state index in [2.05, 4.69) is 19.2 Å². The Kier molecular flexibility index (Phi) is 6.87. The zero-order valence-electron chi connectivity index (χ0n) is 11.0. The highest BCUT2D eigenvalue weighted by molar-refractivity contribution is 5.16. The largest absolute Gasteiger partial charge is 0.314 e. The second kappa shape index (κ2) is 8.24. The summed E-state index contributed by atoms with van der Waals surface area (Å²) in [5, 5.41) is 3.56. The highest BCUT2D eigenvalue weighted by atomic mass is 19.1. The quantitative estimate of drug-likeness (QED) is 0.722. The molecule has 0 amide bonds. The van der Waals surface area contributed by atoms with Crippen LogP contribution < -0.4 is 5.32 Å². The fourth-order valence-electron chi connectivity index (χ4n) is 2.08. The Morgan fingerprint density at radius 3 is 2.65 bits per heavy atom. The van der Waals surface area contributed by atoms with Crippen LogP contribution in [0.15, 0.2) is 24.3 Å². The van der Waals surface area contributed by atoms with E-state index < -0.39 is 0 Å². The predicted octanol–water partition coefficient (Wildman–Crippen LogP) is 3.93. The van der Waals surface area contributed by atoms with Crippen molar-refractivity contribution in [2.75, 3.05) is 6.54 Å². The Bertz CT molecular complexity index is 312. The molecule has 0 saturated carbocycles. The van der Waals surface area contributed by atoms with E-state index in [0.29, 0.717) is 6.04 Å². The molecular formula is C15H24FN. The minimum atomic E-state index is -0.129. The molecule has 0 radical (unpaired) electrons. The molecular weight excluding hydrogens is 213 g/mol. The van der Waals surface area contributed by atoms with Crippen LogP contribution >= 0.6 is 0 Å². The molecule has 0 saturated heterocycles. The number of hydrogen-bond donors (Lipinski definition) is 1. The lowest BCUT2D eigenvalue weighted by molar-refractivity contribution is 0.448. The van der Waals surface area contributed by atoms with E-state index >= 15 is 0 Å². The van der Waals surface area contributed by atoms with E-state index in [0.717, 1.165) is 24.9 Å². The van der Waals surface area contributed by atoms with Gasteiger partial charge in [0.25, 0.3) is 0 Å². The molecule has 1 rings (SSSR count). The van der Waals surface area contributed by atoms with Crippen LogP contribution in [-0.4, -0.2) is 12.6 Å². The van der Waals surface area contributed by atoms with Gasteiger partial charge in [-0.2, -0.15) is 0 Å². The minimum absolute atomic E-state index is 0.129. The second-order valence-electron chi connectivity index (χ2n) is 4.61. The van der Waals surface area contributed by atoms with Crippen molar-refractivity contribution in [1.29, 1.82) is 0 Å². The number of benzene rings is 1. The van der Waals surface area contributed by atoms with Crippen molar-refractivity contribution in [2.24, 2.45) is 0 Å². The molecule has 1 aromatic carbocycles. The molecule has 0 aliphatic carbocycles. The van der Waals surface area contributed by atoms with Gasteiger partial charge in [-0.25, -0.2) is 4.39 Å². The number of nitrogens with one attached hydrogen (secondary N) is 1. The number of rotatable bonds is 8. The molecule has 0 heterocycles. The van der Waals surface area contributed by atoms with Crippen molar-refractivity contribution >= 4 is 0 Å². The SMILES string of the molecule is CCCNC(CCC)CCc1cccc(F)c1. The smallest absolute Gasteiger partial charge is 0.123 e. The third-order valence-corrected chi connectivity index (χ3v) is 2.99. The van der Waals surface area contributed by atoms with Gasteiger partial charge in [-0.3, -0.25) is 0 Å². The highest BCUT2D eigenvalue weighted by Crippen LogP contribution is 2.10. The van der Waals surface area contributed by atoms with Crippen LogP contribution in [0.3, 0.4) is 0 Å². The number of aryl methyl sites for hydroxylation is 1. The summed E-state index contributed by atoms with van der Waals surface area (Å²) < 4.78 is 13.0. The van der Waals surface area contributed by atoms with Crippen LogP contribution in [0, 0.1) is 5.82 Å². The predicted molar refractivity (Wildman–Crippen MR) is 71.7 cm³/mol. The first-order valence-corrected chi connectivity index (χ1v) is 6.74.